The number of benzene rings is 1. The van der Waals surface area contributed by atoms with Crippen molar-refractivity contribution in [3.05, 3.63) is 30.3 Å². The maximum absolute atomic E-state index is 12.1. The molecule has 0 radical (unpaired) electrons. The Bertz CT molecular complexity index is 772. The second-order valence-electron chi connectivity index (χ2n) is 6.53. The van der Waals surface area contributed by atoms with E-state index in [-0.39, 0.29) is 11.8 Å². The molecule has 2 aromatic rings. The van der Waals surface area contributed by atoms with Gasteiger partial charge in [-0.15, -0.1) is 0 Å². The van der Waals surface area contributed by atoms with E-state index in [9.17, 15) is 9.59 Å². The first-order valence-electron chi connectivity index (χ1n) is 9.13. The minimum Gasteiger partial charge on any atom is -0.497 e. The van der Waals surface area contributed by atoms with Gasteiger partial charge in [0.15, 0.2) is 5.82 Å². The molecule has 1 aliphatic rings. The Balaban J connectivity index is 1.40. The number of aromatic amines is 1. The van der Waals surface area contributed by atoms with E-state index in [4.69, 9.17) is 4.74 Å². The van der Waals surface area contributed by atoms with E-state index in [1.165, 1.54) is 0 Å². The number of piperazine rings is 1. The lowest BCUT2D eigenvalue weighted by Gasteiger charge is -2.26. The van der Waals surface area contributed by atoms with Crippen LogP contribution in [-0.2, 0) is 9.59 Å². The molecule has 27 heavy (non-hydrogen) atoms. The Morgan fingerprint density at radius 1 is 1.30 bits per heavy atom. The fourth-order valence-corrected chi connectivity index (χ4v) is 3.01. The van der Waals surface area contributed by atoms with Gasteiger partial charge in [0.2, 0.25) is 11.8 Å². The highest BCUT2D eigenvalue weighted by atomic mass is 16.5. The summed E-state index contributed by atoms with van der Waals surface area (Å²) in [6, 6.07) is 9.42. The van der Waals surface area contributed by atoms with Gasteiger partial charge in [-0.3, -0.25) is 19.6 Å². The number of H-pyrrole nitrogens is 1. The number of rotatable bonds is 8. The summed E-state index contributed by atoms with van der Waals surface area (Å²) in [6.07, 6.45) is 2.10. The number of aromatic nitrogens is 2. The van der Waals surface area contributed by atoms with E-state index >= 15 is 0 Å². The fourth-order valence-electron chi connectivity index (χ4n) is 3.01. The molecule has 2 heterocycles. The lowest BCUT2D eigenvalue weighted by Crippen LogP contribution is -2.47. The van der Waals surface area contributed by atoms with E-state index in [0.29, 0.717) is 25.3 Å². The third-order valence-electron chi connectivity index (χ3n) is 4.49. The molecule has 0 atom stereocenters. The number of carbonyl (C=O) groups is 2. The monoisotopic (exact) mass is 371 g/mol. The zero-order valence-electron chi connectivity index (χ0n) is 15.5. The Hall–Kier alpha value is -2.87. The van der Waals surface area contributed by atoms with E-state index in [1.54, 1.807) is 7.11 Å². The van der Waals surface area contributed by atoms with Crippen molar-refractivity contribution in [2.45, 2.75) is 19.3 Å². The second kappa shape index (κ2) is 9.18. The number of anilines is 1. The molecule has 0 saturated carbocycles. The van der Waals surface area contributed by atoms with Crippen LogP contribution in [0.25, 0.3) is 11.3 Å². The Morgan fingerprint density at radius 3 is 2.85 bits per heavy atom. The molecular weight excluding hydrogens is 346 g/mol. The quantitative estimate of drug-likeness (QED) is 0.613. The summed E-state index contributed by atoms with van der Waals surface area (Å²) >= 11 is 0. The average Bonchev–Trinajstić information content (AvgIpc) is 3.14. The third kappa shape index (κ3) is 5.55. The maximum atomic E-state index is 12.1. The van der Waals surface area contributed by atoms with Gasteiger partial charge in [-0.25, -0.2) is 0 Å². The number of ether oxygens (including phenoxy) is 1. The molecule has 8 nitrogen and oxygen atoms in total. The number of hydrogen-bond acceptors (Lipinski definition) is 5. The van der Waals surface area contributed by atoms with Crippen molar-refractivity contribution in [3.8, 4) is 17.0 Å². The minimum atomic E-state index is -0.0563. The molecule has 1 saturated heterocycles. The number of nitrogens with one attached hydrogen (secondary N) is 3. The normalized spacial score (nSPS) is 14.6. The van der Waals surface area contributed by atoms with Gasteiger partial charge in [-0.05, 0) is 49.2 Å². The molecule has 1 aromatic carbocycles. The number of methoxy groups -OCH3 is 1. The van der Waals surface area contributed by atoms with Gasteiger partial charge in [0.05, 0.1) is 19.3 Å². The Morgan fingerprint density at radius 2 is 2.11 bits per heavy atom. The SMILES string of the molecule is COc1ccc(-c2cc(NC(=O)CCCCN3CCNC(=O)C3)n[nH]2)cc1. The van der Waals surface area contributed by atoms with Gasteiger partial charge in [-0.1, -0.05) is 0 Å². The van der Waals surface area contributed by atoms with Crippen LogP contribution in [0.3, 0.4) is 0 Å². The first-order valence-corrected chi connectivity index (χ1v) is 9.13. The van der Waals surface area contributed by atoms with Crippen LogP contribution in [0.1, 0.15) is 19.3 Å². The van der Waals surface area contributed by atoms with Crippen molar-refractivity contribution < 1.29 is 14.3 Å². The molecule has 0 bridgehead atoms. The van der Waals surface area contributed by atoms with Crippen LogP contribution in [0.5, 0.6) is 5.75 Å². The first-order chi connectivity index (χ1) is 13.1. The lowest BCUT2D eigenvalue weighted by molar-refractivity contribution is -0.124. The predicted molar refractivity (Wildman–Crippen MR) is 103 cm³/mol. The summed E-state index contributed by atoms with van der Waals surface area (Å²) in [7, 11) is 1.63. The smallest absolute Gasteiger partial charge is 0.234 e. The van der Waals surface area contributed by atoms with Gasteiger partial charge in [-0.2, -0.15) is 5.10 Å². The van der Waals surface area contributed by atoms with Gasteiger partial charge >= 0.3 is 0 Å². The van der Waals surface area contributed by atoms with Gasteiger partial charge in [0.25, 0.3) is 0 Å². The Labute approximate surface area is 158 Å². The van der Waals surface area contributed by atoms with Crippen LogP contribution in [-0.4, -0.2) is 60.2 Å². The Kier molecular flexibility index (Phi) is 6.43. The standard InChI is InChI=1S/C19H25N5O3/c1-27-15-7-5-14(6-8-15)16-12-17(23-22-16)21-18(25)4-2-3-10-24-11-9-20-19(26)13-24/h5-8,12H,2-4,9-11,13H2,1H3,(H,20,26)(H2,21,22,23,25). The highest BCUT2D eigenvalue weighted by Crippen LogP contribution is 2.22. The topological polar surface area (TPSA) is 99.3 Å². The number of amides is 2. The maximum Gasteiger partial charge on any atom is 0.234 e. The molecular formula is C19H25N5O3. The summed E-state index contributed by atoms with van der Waals surface area (Å²) in [4.78, 5) is 25.5. The zero-order valence-corrected chi connectivity index (χ0v) is 15.5. The van der Waals surface area contributed by atoms with Crippen molar-refractivity contribution in [2.75, 3.05) is 38.6 Å². The van der Waals surface area contributed by atoms with E-state index in [1.807, 2.05) is 30.3 Å². The molecule has 3 N–H and O–H groups in total. The van der Waals surface area contributed by atoms with Crippen LogP contribution < -0.4 is 15.4 Å². The number of hydrogen-bond donors (Lipinski definition) is 3. The number of carbonyl (C=O) groups excluding carboxylic acids is 2. The third-order valence-corrected chi connectivity index (χ3v) is 4.49. The van der Waals surface area contributed by atoms with Crippen molar-refractivity contribution in [1.82, 2.24) is 20.4 Å². The first kappa shape index (κ1) is 18.9. The van der Waals surface area contributed by atoms with Crippen molar-refractivity contribution in [3.63, 3.8) is 0 Å². The highest BCUT2D eigenvalue weighted by molar-refractivity contribution is 5.90. The summed E-state index contributed by atoms with van der Waals surface area (Å²) in [5, 5.41) is 12.7. The van der Waals surface area contributed by atoms with Gasteiger partial charge < -0.3 is 15.4 Å². The van der Waals surface area contributed by atoms with Crippen molar-refractivity contribution >= 4 is 17.6 Å². The predicted octanol–water partition coefficient (Wildman–Crippen LogP) is 1.63. The van der Waals surface area contributed by atoms with E-state index < -0.39 is 0 Å². The fraction of sp³-hybridized carbons (Fsp3) is 0.421. The summed E-state index contributed by atoms with van der Waals surface area (Å²) in [6.45, 7) is 2.87. The van der Waals surface area contributed by atoms with E-state index in [0.717, 1.165) is 42.9 Å². The molecule has 2 amide bonds. The molecule has 8 heteroatoms. The highest BCUT2D eigenvalue weighted by Gasteiger charge is 2.15. The van der Waals surface area contributed by atoms with Gasteiger partial charge in [0, 0.05) is 25.6 Å². The summed E-state index contributed by atoms with van der Waals surface area (Å²) in [5.41, 5.74) is 1.80. The number of nitrogens with zero attached hydrogens (tertiary/aromatic N) is 2. The largest absolute Gasteiger partial charge is 0.497 e. The molecule has 144 valence electrons. The molecule has 0 unspecified atom stereocenters. The molecule has 0 spiro atoms. The zero-order chi connectivity index (χ0) is 19.1. The molecule has 3 rings (SSSR count). The summed E-state index contributed by atoms with van der Waals surface area (Å²) < 4.78 is 5.15. The van der Waals surface area contributed by atoms with Crippen LogP contribution in [0.15, 0.2) is 30.3 Å². The second-order valence-corrected chi connectivity index (χ2v) is 6.53. The van der Waals surface area contributed by atoms with Crippen LogP contribution in [0, 0.1) is 0 Å². The van der Waals surface area contributed by atoms with Crippen molar-refractivity contribution in [2.24, 2.45) is 0 Å². The average molecular weight is 371 g/mol. The van der Waals surface area contributed by atoms with Gasteiger partial charge in [0.1, 0.15) is 5.75 Å². The number of unbranched alkanes of at least 4 members (excludes halogenated alkanes) is 1. The molecule has 0 aliphatic carbocycles. The van der Waals surface area contributed by atoms with E-state index in [2.05, 4.69) is 25.7 Å². The van der Waals surface area contributed by atoms with Crippen LogP contribution >= 0.6 is 0 Å². The minimum absolute atomic E-state index is 0.0563. The lowest BCUT2D eigenvalue weighted by atomic mass is 10.1. The molecule has 1 aliphatic heterocycles. The summed E-state index contributed by atoms with van der Waals surface area (Å²) in [5.74, 6) is 1.32. The van der Waals surface area contributed by atoms with Crippen LogP contribution in [0.4, 0.5) is 5.82 Å². The van der Waals surface area contributed by atoms with Crippen molar-refractivity contribution in [1.29, 1.82) is 0 Å². The molecule has 1 aromatic heterocycles. The molecule has 1 fully saturated rings. The van der Waals surface area contributed by atoms with Crippen LogP contribution in [0.2, 0.25) is 0 Å².